The van der Waals surface area contributed by atoms with Gasteiger partial charge < -0.3 is 10.2 Å². The summed E-state index contributed by atoms with van der Waals surface area (Å²) in [7, 11) is 0. The minimum absolute atomic E-state index is 0.190. The van der Waals surface area contributed by atoms with Gasteiger partial charge in [0.2, 0.25) is 6.41 Å². The molecule has 1 amide bonds. The summed E-state index contributed by atoms with van der Waals surface area (Å²) in [6, 6.07) is 6.94. The highest BCUT2D eigenvalue weighted by Gasteiger charge is 2.20. The molecule has 1 heterocycles. The van der Waals surface area contributed by atoms with Gasteiger partial charge in [-0.05, 0) is 30.5 Å². The number of benzene rings is 1. The monoisotopic (exact) mass is 236 g/mol. The Bertz CT molecular complexity index is 366. The van der Waals surface area contributed by atoms with Crippen LogP contribution in [0.25, 0.3) is 0 Å². The number of halogens is 1. The summed E-state index contributed by atoms with van der Waals surface area (Å²) in [5.74, 6) is -0.190. The van der Waals surface area contributed by atoms with E-state index in [9.17, 15) is 9.18 Å². The first kappa shape index (κ1) is 12.0. The van der Waals surface area contributed by atoms with Gasteiger partial charge in [0, 0.05) is 25.7 Å². The summed E-state index contributed by atoms with van der Waals surface area (Å²) in [5, 5.41) is 2.81. The zero-order valence-electron chi connectivity index (χ0n) is 9.73. The minimum atomic E-state index is -0.190. The Hall–Kier alpha value is -1.42. The van der Waals surface area contributed by atoms with Gasteiger partial charge in [0.15, 0.2) is 0 Å². The first-order valence-electron chi connectivity index (χ1n) is 5.94. The van der Waals surface area contributed by atoms with Crippen LogP contribution in [0.2, 0.25) is 0 Å². The van der Waals surface area contributed by atoms with E-state index in [0.717, 1.165) is 44.4 Å². The van der Waals surface area contributed by atoms with Crippen molar-refractivity contribution < 1.29 is 9.18 Å². The molecule has 0 radical (unpaired) electrons. The third-order valence-electron chi connectivity index (χ3n) is 3.21. The van der Waals surface area contributed by atoms with Crippen molar-refractivity contribution in [1.82, 2.24) is 10.2 Å². The van der Waals surface area contributed by atoms with E-state index < -0.39 is 0 Å². The van der Waals surface area contributed by atoms with Gasteiger partial charge in [-0.3, -0.25) is 4.79 Å². The molecule has 0 bridgehead atoms. The van der Waals surface area contributed by atoms with Crippen molar-refractivity contribution in [3.63, 3.8) is 0 Å². The lowest BCUT2D eigenvalue weighted by molar-refractivity contribution is -0.110. The van der Waals surface area contributed by atoms with E-state index in [1.807, 2.05) is 12.1 Å². The molecule has 4 heteroatoms. The lowest BCUT2D eigenvalue weighted by Crippen LogP contribution is -2.32. The largest absolute Gasteiger partial charge is 0.355 e. The van der Waals surface area contributed by atoms with Crippen molar-refractivity contribution in [2.24, 2.45) is 0 Å². The molecule has 92 valence electrons. The highest BCUT2D eigenvalue weighted by atomic mass is 19.1. The van der Waals surface area contributed by atoms with Gasteiger partial charge in [-0.2, -0.15) is 0 Å². The van der Waals surface area contributed by atoms with Crippen LogP contribution in [0.5, 0.6) is 0 Å². The molecule has 0 saturated carbocycles. The van der Waals surface area contributed by atoms with Crippen LogP contribution >= 0.6 is 0 Å². The average Bonchev–Trinajstić information content (AvgIpc) is 2.77. The average molecular weight is 236 g/mol. The third kappa shape index (κ3) is 3.53. The molecule has 0 aromatic heterocycles. The van der Waals surface area contributed by atoms with Gasteiger partial charge in [0.05, 0.1) is 0 Å². The minimum Gasteiger partial charge on any atom is -0.355 e. The number of hydrogen-bond acceptors (Lipinski definition) is 2. The Labute approximate surface area is 101 Å². The van der Waals surface area contributed by atoms with Crippen LogP contribution in [0, 0.1) is 5.82 Å². The lowest BCUT2D eigenvalue weighted by Gasteiger charge is -2.15. The predicted molar refractivity (Wildman–Crippen MR) is 64.1 cm³/mol. The molecular weight excluding hydrogens is 219 g/mol. The number of nitrogens with zero attached hydrogens (tertiary/aromatic N) is 1. The maximum absolute atomic E-state index is 12.7. The van der Waals surface area contributed by atoms with Crippen molar-refractivity contribution in [2.75, 3.05) is 19.6 Å². The summed E-state index contributed by atoms with van der Waals surface area (Å²) in [6.07, 6.45) is 2.71. The Kier molecular flexibility index (Phi) is 4.09. The fourth-order valence-electron chi connectivity index (χ4n) is 2.21. The van der Waals surface area contributed by atoms with Gasteiger partial charge in [0.1, 0.15) is 5.82 Å². The summed E-state index contributed by atoms with van der Waals surface area (Å²) in [5.41, 5.74) is 1.15. The molecule has 1 fully saturated rings. The quantitative estimate of drug-likeness (QED) is 0.779. The van der Waals surface area contributed by atoms with Gasteiger partial charge in [-0.15, -0.1) is 0 Å². The second kappa shape index (κ2) is 5.77. The number of amides is 1. The van der Waals surface area contributed by atoms with E-state index in [1.54, 1.807) is 0 Å². The van der Waals surface area contributed by atoms with Crippen LogP contribution < -0.4 is 5.32 Å². The SMILES string of the molecule is O=CN[C@@H]1CCN(CCc2ccc(F)cc2)C1. The van der Waals surface area contributed by atoms with Crippen LogP contribution in [0.4, 0.5) is 4.39 Å². The molecule has 1 aliphatic rings. The third-order valence-corrected chi connectivity index (χ3v) is 3.21. The van der Waals surface area contributed by atoms with Crippen molar-refractivity contribution in [3.05, 3.63) is 35.6 Å². The molecule has 17 heavy (non-hydrogen) atoms. The topological polar surface area (TPSA) is 32.3 Å². The zero-order chi connectivity index (χ0) is 12.1. The van der Waals surface area contributed by atoms with Crippen LogP contribution in [-0.2, 0) is 11.2 Å². The standard InChI is InChI=1S/C13H17FN2O/c14-12-3-1-11(2-4-12)5-7-16-8-6-13(9-16)15-10-17/h1-4,10,13H,5-9H2,(H,15,17)/t13-/m1/s1. The van der Waals surface area contributed by atoms with Gasteiger partial charge in [-0.1, -0.05) is 12.1 Å². The van der Waals surface area contributed by atoms with Gasteiger partial charge in [0.25, 0.3) is 0 Å². The van der Waals surface area contributed by atoms with Crippen molar-refractivity contribution in [3.8, 4) is 0 Å². The van der Waals surface area contributed by atoms with E-state index in [-0.39, 0.29) is 5.82 Å². The van der Waals surface area contributed by atoms with E-state index >= 15 is 0 Å². The van der Waals surface area contributed by atoms with Crippen LogP contribution in [0.3, 0.4) is 0 Å². The first-order chi connectivity index (χ1) is 8.28. The highest BCUT2D eigenvalue weighted by molar-refractivity contribution is 5.46. The van der Waals surface area contributed by atoms with Gasteiger partial charge in [-0.25, -0.2) is 4.39 Å². The number of carbonyl (C=O) groups excluding carboxylic acids is 1. The maximum atomic E-state index is 12.7. The van der Waals surface area contributed by atoms with Crippen LogP contribution in [0.1, 0.15) is 12.0 Å². The molecule has 3 nitrogen and oxygen atoms in total. The fraction of sp³-hybridized carbons (Fsp3) is 0.462. The molecule has 0 aliphatic carbocycles. The Morgan fingerprint density at radius 3 is 2.88 bits per heavy atom. The zero-order valence-corrected chi connectivity index (χ0v) is 9.73. The van der Waals surface area contributed by atoms with Crippen molar-refractivity contribution in [2.45, 2.75) is 18.9 Å². The summed E-state index contributed by atoms with van der Waals surface area (Å²) < 4.78 is 12.7. The molecule has 0 spiro atoms. The summed E-state index contributed by atoms with van der Waals surface area (Å²) in [6.45, 7) is 2.90. The van der Waals surface area contributed by atoms with Crippen LogP contribution in [-0.4, -0.2) is 37.0 Å². The van der Waals surface area contributed by atoms with Crippen molar-refractivity contribution in [1.29, 1.82) is 0 Å². The van der Waals surface area contributed by atoms with E-state index in [2.05, 4.69) is 10.2 Å². The Balaban J connectivity index is 1.75. The molecule has 2 rings (SSSR count). The smallest absolute Gasteiger partial charge is 0.207 e. The second-order valence-corrected chi connectivity index (χ2v) is 4.45. The fourth-order valence-corrected chi connectivity index (χ4v) is 2.21. The molecule has 1 atom stereocenters. The van der Waals surface area contributed by atoms with E-state index in [4.69, 9.17) is 0 Å². The van der Waals surface area contributed by atoms with E-state index in [0.29, 0.717) is 6.04 Å². The summed E-state index contributed by atoms with van der Waals surface area (Å²) in [4.78, 5) is 12.6. The van der Waals surface area contributed by atoms with Crippen LogP contribution in [0.15, 0.2) is 24.3 Å². The van der Waals surface area contributed by atoms with Gasteiger partial charge >= 0.3 is 0 Å². The highest BCUT2D eigenvalue weighted by Crippen LogP contribution is 2.10. The number of carbonyl (C=O) groups is 1. The summed E-state index contributed by atoms with van der Waals surface area (Å²) >= 11 is 0. The molecule has 1 saturated heterocycles. The maximum Gasteiger partial charge on any atom is 0.207 e. The predicted octanol–water partition coefficient (Wildman–Crippen LogP) is 1.19. The number of likely N-dealkylation sites (tertiary alicyclic amines) is 1. The number of nitrogens with one attached hydrogen (secondary N) is 1. The number of hydrogen-bond donors (Lipinski definition) is 1. The molecule has 0 unspecified atom stereocenters. The first-order valence-corrected chi connectivity index (χ1v) is 5.94. The molecular formula is C13H17FN2O. The Morgan fingerprint density at radius 2 is 2.18 bits per heavy atom. The molecule has 1 aromatic rings. The molecule has 1 aliphatic heterocycles. The second-order valence-electron chi connectivity index (χ2n) is 4.45. The molecule has 1 N–H and O–H groups in total. The van der Waals surface area contributed by atoms with Crippen molar-refractivity contribution >= 4 is 6.41 Å². The Morgan fingerprint density at radius 1 is 1.41 bits per heavy atom. The molecule has 1 aromatic carbocycles. The van der Waals surface area contributed by atoms with E-state index in [1.165, 1.54) is 12.1 Å². The lowest BCUT2D eigenvalue weighted by atomic mass is 10.1. The normalized spacial score (nSPS) is 20.4. The number of rotatable bonds is 5.